The first-order valence-corrected chi connectivity index (χ1v) is 13.1. The molecule has 1 saturated heterocycles. The predicted octanol–water partition coefficient (Wildman–Crippen LogP) is 2.97. The molecular weight excluding hydrogens is 452 g/mol. The van der Waals surface area contributed by atoms with E-state index >= 15 is 0 Å². The third-order valence-electron chi connectivity index (χ3n) is 6.41. The Kier molecular flexibility index (Phi) is 6.97. The molecule has 182 valence electrons. The number of nitrogens with two attached hydrogens (primary N) is 1. The Hall–Kier alpha value is -3.27. The highest BCUT2D eigenvalue weighted by atomic mass is 32.2. The number of hydrogen-bond donors (Lipinski definition) is 4. The minimum absolute atomic E-state index is 0.0185. The van der Waals surface area contributed by atoms with E-state index in [2.05, 4.69) is 9.62 Å². The zero-order chi connectivity index (χ0) is 24.3. The molecule has 10 heteroatoms. The summed E-state index contributed by atoms with van der Waals surface area (Å²) in [5.74, 6) is 1.32. The van der Waals surface area contributed by atoms with Gasteiger partial charge in [-0.25, -0.2) is 8.42 Å². The molecule has 0 spiro atoms. The topological polar surface area (TPSA) is 136 Å². The lowest BCUT2D eigenvalue weighted by Gasteiger charge is -2.33. The summed E-state index contributed by atoms with van der Waals surface area (Å²) in [6.07, 6.45) is 3.24. The van der Waals surface area contributed by atoms with E-state index in [0.717, 1.165) is 49.9 Å². The number of nitrogens with one attached hydrogen (secondary N) is 3. The maximum absolute atomic E-state index is 12.9. The fourth-order valence-corrected chi connectivity index (χ4v) is 5.45. The van der Waals surface area contributed by atoms with Gasteiger partial charge in [0.2, 0.25) is 0 Å². The predicted molar refractivity (Wildman–Crippen MR) is 133 cm³/mol. The van der Waals surface area contributed by atoms with Crippen molar-refractivity contribution in [2.75, 3.05) is 24.4 Å². The van der Waals surface area contributed by atoms with Crippen molar-refractivity contribution in [3.05, 3.63) is 53.6 Å². The molecule has 5 N–H and O–H groups in total. The molecule has 0 unspecified atom stereocenters. The van der Waals surface area contributed by atoms with Crippen LogP contribution < -0.4 is 15.2 Å². The average molecular weight is 485 g/mol. The smallest absolute Gasteiger partial charge is 0.261 e. The van der Waals surface area contributed by atoms with Crippen molar-refractivity contribution >= 4 is 27.5 Å². The summed E-state index contributed by atoms with van der Waals surface area (Å²) >= 11 is 0. The highest BCUT2D eigenvalue weighted by Crippen LogP contribution is 2.26. The van der Waals surface area contributed by atoms with E-state index in [1.54, 1.807) is 35.2 Å². The van der Waals surface area contributed by atoms with Crippen LogP contribution in [0.15, 0.2) is 47.4 Å². The Morgan fingerprint density at radius 3 is 2.41 bits per heavy atom. The van der Waals surface area contributed by atoms with Gasteiger partial charge in [-0.05, 0) is 53.9 Å². The zero-order valence-corrected chi connectivity index (χ0v) is 20.2. The molecule has 0 atom stereocenters. The number of rotatable bonds is 6. The lowest BCUT2D eigenvalue weighted by Crippen LogP contribution is -2.41. The van der Waals surface area contributed by atoms with Gasteiger partial charge in [-0.3, -0.25) is 15.5 Å². The van der Waals surface area contributed by atoms with E-state index in [4.69, 9.17) is 21.3 Å². The SMILES string of the molecule is CCC(=N)N1CCC(Oc2ccc(S(=O)(=O)Nc3ccc4c(c3)CN(C(=N)N)CC4)cc2)CC1. The van der Waals surface area contributed by atoms with E-state index in [0.29, 0.717) is 30.4 Å². The van der Waals surface area contributed by atoms with Gasteiger partial charge in [0, 0.05) is 51.1 Å². The highest BCUT2D eigenvalue weighted by molar-refractivity contribution is 7.92. The molecule has 4 rings (SSSR count). The molecule has 0 radical (unpaired) electrons. The molecular formula is C24H32N6O3S. The van der Waals surface area contributed by atoms with Gasteiger partial charge in [0.25, 0.3) is 10.0 Å². The summed E-state index contributed by atoms with van der Waals surface area (Å²) in [7, 11) is -3.76. The minimum atomic E-state index is -3.76. The van der Waals surface area contributed by atoms with E-state index in [1.807, 2.05) is 19.1 Å². The third-order valence-corrected chi connectivity index (χ3v) is 7.80. The van der Waals surface area contributed by atoms with E-state index in [1.165, 1.54) is 0 Å². The second-order valence-electron chi connectivity index (χ2n) is 8.72. The summed E-state index contributed by atoms with van der Waals surface area (Å²) in [5, 5.41) is 15.6. The Balaban J connectivity index is 1.38. The molecule has 2 aliphatic heterocycles. The summed E-state index contributed by atoms with van der Waals surface area (Å²) in [4.78, 5) is 4.01. The van der Waals surface area contributed by atoms with Crippen LogP contribution >= 0.6 is 0 Å². The van der Waals surface area contributed by atoms with Crippen LogP contribution in [0.4, 0.5) is 5.69 Å². The van der Waals surface area contributed by atoms with Crippen LogP contribution in [0.25, 0.3) is 0 Å². The number of amidine groups is 1. The van der Waals surface area contributed by atoms with Crippen LogP contribution in [0, 0.1) is 10.8 Å². The van der Waals surface area contributed by atoms with Gasteiger partial charge in [-0.15, -0.1) is 0 Å². The van der Waals surface area contributed by atoms with Crippen molar-refractivity contribution in [3.8, 4) is 5.75 Å². The van der Waals surface area contributed by atoms with E-state index in [9.17, 15) is 8.42 Å². The molecule has 2 aliphatic rings. The molecule has 34 heavy (non-hydrogen) atoms. The number of piperidine rings is 1. The fourth-order valence-electron chi connectivity index (χ4n) is 4.40. The Labute approximate surface area is 201 Å². The lowest BCUT2D eigenvalue weighted by molar-refractivity contribution is 0.130. The van der Waals surface area contributed by atoms with Crippen LogP contribution in [-0.2, 0) is 23.0 Å². The quantitative estimate of drug-likeness (QED) is 0.368. The number of nitrogens with zero attached hydrogens (tertiary/aromatic N) is 2. The minimum Gasteiger partial charge on any atom is -0.490 e. The van der Waals surface area contributed by atoms with Crippen molar-refractivity contribution in [1.29, 1.82) is 10.8 Å². The highest BCUT2D eigenvalue weighted by Gasteiger charge is 2.23. The van der Waals surface area contributed by atoms with Gasteiger partial charge in [0.15, 0.2) is 5.96 Å². The standard InChI is InChI=1S/C24H32N6O3S/c1-2-23(25)29-13-10-21(11-14-29)33-20-5-7-22(8-6-20)34(31,32)28-19-4-3-17-9-12-30(24(26)27)16-18(17)15-19/h3-8,15,21,25,28H,2,9-14,16H2,1H3,(H3,26,27). The number of fused-ring (bicyclic) bond motifs is 1. The Morgan fingerprint density at radius 2 is 1.76 bits per heavy atom. The monoisotopic (exact) mass is 484 g/mol. The molecule has 0 saturated carbocycles. The van der Waals surface area contributed by atoms with E-state index in [-0.39, 0.29) is 17.0 Å². The van der Waals surface area contributed by atoms with Crippen molar-refractivity contribution in [1.82, 2.24) is 9.80 Å². The van der Waals surface area contributed by atoms with Crippen molar-refractivity contribution in [2.45, 2.75) is 50.2 Å². The van der Waals surface area contributed by atoms with Gasteiger partial charge in [-0.2, -0.15) is 0 Å². The van der Waals surface area contributed by atoms with Gasteiger partial charge in [0.05, 0.1) is 10.7 Å². The average Bonchev–Trinajstić information content (AvgIpc) is 2.83. The van der Waals surface area contributed by atoms with Crippen LogP contribution in [0.2, 0.25) is 0 Å². The normalized spacial score (nSPS) is 16.6. The van der Waals surface area contributed by atoms with Crippen molar-refractivity contribution < 1.29 is 13.2 Å². The molecule has 0 aromatic heterocycles. The number of guanidine groups is 1. The largest absolute Gasteiger partial charge is 0.490 e. The molecule has 0 aliphatic carbocycles. The number of hydrogen-bond acceptors (Lipinski definition) is 5. The number of ether oxygens (including phenoxy) is 1. The summed E-state index contributed by atoms with van der Waals surface area (Å²) < 4.78 is 34.6. The zero-order valence-electron chi connectivity index (χ0n) is 19.4. The van der Waals surface area contributed by atoms with Gasteiger partial charge in [0.1, 0.15) is 11.9 Å². The Morgan fingerprint density at radius 1 is 1.06 bits per heavy atom. The van der Waals surface area contributed by atoms with Crippen LogP contribution in [0.5, 0.6) is 5.75 Å². The second-order valence-corrected chi connectivity index (χ2v) is 10.4. The molecule has 0 bridgehead atoms. The second kappa shape index (κ2) is 9.92. The van der Waals surface area contributed by atoms with Crippen molar-refractivity contribution in [2.24, 2.45) is 5.73 Å². The van der Waals surface area contributed by atoms with Gasteiger partial charge in [-0.1, -0.05) is 13.0 Å². The maximum Gasteiger partial charge on any atom is 0.261 e. The maximum atomic E-state index is 12.9. The first-order chi connectivity index (χ1) is 16.2. The molecule has 2 heterocycles. The first kappa shape index (κ1) is 23.9. The van der Waals surface area contributed by atoms with Crippen molar-refractivity contribution in [3.63, 3.8) is 0 Å². The van der Waals surface area contributed by atoms with Gasteiger partial charge < -0.3 is 20.3 Å². The lowest BCUT2D eigenvalue weighted by atomic mass is 9.99. The molecule has 2 aromatic rings. The Bertz CT molecular complexity index is 1160. The fraction of sp³-hybridized carbons (Fsp3) is 0.417. The van der Waals surface area contributed by atoms with E-state index < -0.39 is 10.0 Å². The van der Waals surface area contributed by atoms with Crippen LogP contribution in [0.1, 0.15) is 37.3 Å². The van der Waals surface area contributed by atoms with Crippen LogP contribution in [-0.4, -0.2) is 55.8 Å². The summed E-state index contributed by atoms with van der Waals surface area (Å²) in [6, 6.07) is 12.0. The molecule has 0 amide bonds. The molecule has 1 fully saturated rings. The first-order valence-electron chi connectivity index (χ1n) is 11.6. The summed E-state index contributed by atoms with van der Waals surface area (Å²) in [6.45, 7) is 4.77. The summed E-state index contributed by atoms with van der Waals surface area (Å²) in [5.41, 5.74) is 8.19. The number of sulfonamides is 1. The number of likely N-dealkylation sites (tertiary alicyclic amines) is 1. The number of anilines is 1. The molecule has 9 nitrogen and oxygen atoms in total. The van der Waals surface area contributed by atoms with Crippen LogP contribution in [0.3, 0.4) is 0 Å². The number of benzene rings is 2. The van der Waals surface area contributed by atoms with Gasteiger partial charge >= 0.3 is 0 Å². The molecule has 2 aromatic carbocycles. The third kappa shape index (κ3) is 5.44.